The van der Waals surface area contributed by atoms with E-state index in [0.29, 0.717) is 0 Å². The molecule has 1 aromatic heterocycles. The molecular formula is C66H52N2. The summed E-state index contributed by atoms with van der Waals surface area (Å²) in [5.74, 6) is 0. The second-order valence-electron chi connectivity index (χ2n) is 19.4. The molecule has 11 aromatic rings. The second-order valence-corrected chi connectivity index (χ2v) is 19.4. The Hall–Kier alpha value is -7.94. The lowest BCUT2D eigenvalue weighted by atomic mass is 9.77. The smallest absolute Gasteiger partial charge is 0.0544 e. The number of benzene rings is 10. The van der Waals surface area contributed by atoms with Crippen molar-refractivity contribution < 1.29 is 0 Å². The quantitative estimate of drug-likeness (QED) is 0.148. The number of nitrogens with zero attached hydrogens (tertiary/aromatic N) is 2. The third-order valence-electron chi connectivity index (χ3n) is 16.1. The van der Waals surface area contributed by atoms with Gasteiger partial charge < -0.3 is 9.47 Å². The van der Waals surface area contributed by atoms with Gasteiger partial charge in [-0.1, -0.05) is 179 Å². The minimum Gasteiger partial charge on any atom is -0.310 e. The molecular weight excluding hydrogens is 821 g/mol. The van der Waals surface area contributed by atoms with Crippen LogP contribution in [-0.4, -0.2) is 4.57 Å². The first-order valence-electron chi connectivity index (χ1n) is 24.4. The van der Waals surface area contributed by atoms with E-state index in [2.05, 4.69) is 256 Å². The van der Waals surface area contributed by atoms with Gasteiger partial charge >= 0.3 is 0 Å². The van der Waals surface area contributed by atoms with Crippen LogP contribution in [0, 0.1) is 0 Å². The summed E-state index contributed by atoms with van der Waals surface area (Å²) in [4.78, 5) is 2.49. The Bertz CT molecular complexity index is 3770. The molecule has 0 amide bonds. The fraction of sp³-hybridized carbons (Fsp3) is 0.121. The summed E-state index contributed by atoms with van der Waals surface area (Å²) in [5.41, 5.74) is 22.9. The zero-order valence-electron chi connectivity index (χ0n) is 39.1. The van der Waals surface area contributed by atoms with Crippen molar-refractivity contribution in [2.75, 3.05) is 4.90 Å². The van der Waals surface area contributed by atoms with Crippen LogP contribution in [-0.2, 0) is 10.8 Å². The number of anilines is 3. The number of para-hydroxylation sites is 1. The minimum absolute atomic E-state index is 0.0461. The van der Waals surface area contributed by atoms with Crippen LogP contribution in [0.2, 0.25) is 0 Å². The normalized spacial score (nSPS) is 16.8. The maximum atomic E-state index is 2.51. The fourth-order valence-corrected chi connectivity index (χ4v) is 12.1. The second kappa shape index (κ2) is 15.3. The topological polar surface area (TPSA) is 8.17 Å². The molecule has 68 heavy (non-hydrogen) atoms. The molecule has 0 N–H and O–H groups in total. The van der Waals surface area contributed by atoms with Crippen LogP contribution in [0.4, 0.5) is 17.1 Å². The van der Waals surface area contributed by atoms with E-state index in [-0.39, 0.29) is 10.8 Å². The highest BCUT2D eigenvalue weighted by atomic mass is 15.1. The van der Waals surface area contributed by atoms with Gasteiger partial charge in [0.2, 0.25) is 0 Å². The summed E-state index contributed by atoms with van der Waals surface area (Å²) in [6.45, 7) is 9.53. The van der Waals surface area contributed by atoms with Gasteiger partial charge in [0.15, 0.2) is 0 Å². The Kier molecular flexibility index (Phi) is 9.08. The van der Waals surface area contributed by atoms with Crippen LogP contribution in [0.15, 0.2) is 218 Å². The molecule has 326 valence electrons. The first-order valence-corrected chi connectivity index (χ1v) is 24.4. The summed E-state index contributed by atoms with van der Waals surface area (Å²) in [7, 11) is 0. The molecule has 0 saturated heterocycles. The lowest BCUT2D eigenvalue weighted by molar-refractivity contribution is 0.565. The largest absolute Gasteiger partial charge is 0.310 e. The maximum absolute atomic E-state index is 2.51. The average Bonchev–Trinajstić information content (AvgIpc) is 3.96. The number of fused-ring (bicyclic) bond motifs is 11. The van der Waals surface area contributed by atoms with Crippen molar-refractivity contribution in [1.82, 2.24) is 4.57 Å². The summed E-state index contributed by atoms with van der Waals surface area (Å²) >= 11 is 0. The highest BCUT2D eigenvalue weighted by Crippen LogP contribution is 2.56. The lowest BCUT2D eigenvalue weighted by Crippen LogP contribution is -2.20. The van der Waals surface area contributed by atoms with E-state index in [0.717, 1.165) is 24.2 Å². The van der Waals surface area contributed by atoms with Crippen molar-refractivity contribution in [3.8, 4) is 50.2 Å². The minimum atomic E-state index is -0.112. The van der Waals surface area contributed by atoms with E-state index in [9.17, 15) is 0 Å². The van der Waals surface area contributed by atoms with Crippen LogP contribution >= 0.6 is 0 Å². The molecule has 1 heterocycles. The van der Waals surface area contributed by atoms with E-state index in [4.69, 9.17) is 0 Å². The first kappa shape index (κ1) is 40.3. The highest BCUT2D eigenvalue weighted by molar-refractivity contribution is 6.13. The molecule has 2 aliphatic rings. The summed E-state index contributed by atoms with van der Waals surface area (Å²) in [6.07, 6.45) is 2.05. The van der Waals surface area contributed by atoms with Crippen LogP contribution in [0.1, 0.15) is 62.8 Å². The van der Waals surface area contributed by atoms with Gasteiger partial charge in [-0.3, -0.25) is 0 Å². The fourth-order valence-electron chi connectivity index (χ4n) is 12.1. The molecule has 2 nitrogen and oxygen atoms in total. The Morgan fingerprint density at radius 1 is 0.368 bits per heavy atom. The predicted octanol–water partition coefficient (Wildman–Crippen LogP) is 18.1. The van der Waals surface area contributed by atoms with Gasteiger partial charge in [0.05, 0.1) is 16.7 Å². The number of rotatable bonds is 8. The van der Waals surface area contributed by atoms with Gasteiger partial charge in [0, 0.05) is 44.1 Å². The highest BCUT2D eigenvalue weighted by Gasteiger charge is 2.41. The van der Waals surface area contributed by atoms with Gasteiger partial charge in [-0.15, -0.1) is 0 Å². The summed E-state index contributed by atoms with van der Waals surface area (Å²) in [6, 6.07) is 81.7. The third-order valence-corrected chi connectivity index (χ3v) is 16.1. The Morgan fingerprint density at radius 2 is 0.882 bits per heavy atom. The van der Waals surface area contributed by atoms with Crippen molar-refractivity contribution in [2.45, 2.75) is 51.4 Å². The molecule has 2 atom stereocenters. The Labute approximate surface area is 399 Å². The van der Waals surface area contributed by atoms with Crippen molar-refractivity contribution >= 4 is 49.6 Å². The summed E-state index contributed by atoms with van der Waals surface area (Å²) < 4.78 is 2.47. The summed E-state index contributed by atoms with van der Waals surface area (Å²) in [5, 5.41) is 5.08. The molecule has 0 fully saturated rings. The van der Waals surface area contributed by atoms with Crippen molar-refractivity contribution in [2.24, 2.45) is 0 Å². The molecule has 2 unspecified atom stereocenters. The van der Waals surface area contributed by atoms with Crippen LogP contribution < -0.4 is 4.90 Å². The first-order chi connectivity index (χ1) is 33.4. The molecule has 10 aromatic carbocycles. The van der Waals surface area contributed by atoms with Crippen LogP contribution in [0.3, 0.4) is 0 Å². The molecule has 13 rings (SSSR count). The lowest BCUT2D eigenvalue weighted by Gasteiger charge is -2.31. The van der Waals surface area contributed by atoms with Crippen molar-refractivity contribution in [3.05, 3.63) is 241 Å². The average molecular weight is 873 g/mol. The van der Waals surface area contributed by atoms with E-state index in [1.165, 1.54) is 111 Å². The van der Waals surface area contributed by atoms with Gasteiger partial charge in [0.25, 0.3) is 0 Å². The van der Waals surface area contributed by atoms with Crippen LogP contribution in [0.25, 0.3) is 82.8 Å². The SMILES string of the molecule is CCC1(C)c2ccccc2-c2cc3c4cc(-c5ccc(N(c6ccc(-c7ccccc7)cc6)c6cc7c(c8ccccc68)-c6ccccc6C7(C)CC)cc5)ccc4n(-c4ccccc4)c3cc21. The van der Waals surface area contributed by atoms with E-state index < -0.39 is 0 Å². The standard InChI is InChI=1S/C66H52N2/c1-5-65(3)57-27-17-15-23-50(57)54-40-56-55-39-46(33-38-61(55)68(63(56)41-59(54)65)47-21-11-8-12-22-47)45-31-36-49(37-32-45)67(48-34-29-44(30-35-48)43-19-9-7-10-20-43)62-42-60-64(52-25-14-13-24-51(52)62)53-26-16-18-28-58(53)66(60,4)6-2/h7-42H,5-6H2,1-4H3. The van der Waals surface area contributed by atoms with E-state index in [1.54, 1.807) is 0 Å². The Morgan fingerprint density at radius 3 is 1.56 bits per heavy atom. The van der Waals surface area contributed by atoms with Crippen molar-refractivity contribution in [3.63, 3.8) is 0 Å². The number of hydrogen-bond donors (Lipinski definition) is 0. The molecule has 0 spiro atoms. The van der Waals surface area contributed by atoms with Gasteiger partial charge in [-0.05, 0) is 152 Å². The van der Waals surface area contributed by atoms with Crippen molar-refractivity contribution in [1.29, 1.82) is 0 Å². The monoisotopic (exact) mass is 872 g/mol. The zero-order chi connectivity index (χ0) is 45.7. The number of aromatic nitrogens is 1. The molecule has 0 aliphatic heterocycles. The zero-order valence-corrected chi connectivity index (χ0v) is 39.1. The van der Waals surface area contributed by atoms with Gasteiger partial charge in [-0.2, -0.15) is 0 Å². The molecule has 0 saturated carbocycles. The molecule has 2 heteroatoms. The van der Waals surface area contributed by atoms with Gasteiger partial charge in [-0.25, -0.2) is 0 Å². The third kappa shape index (κ3) is 5.83. The Balaban J connectivity index is 0.979. The maximum Gasteiger partial charge on any atom is 0.0544 e. The molecule has 0 bridgehead atoms. The van der Waals surface area contributed by atoms with Gasteiger partial charge in [0.1, 0.15) is 0 Å². The van der Waals surface area contributed by atoms with Crippen LogP contribution in [0.5, 0.6) is 0 Å². The predicted molar refractivity (Wildman–Crippen MR) is 288 cm³/mol. The molecule has 0 radical (unpaired) electrons. The molecule has 2 aliphatic carbocycles. The number of hydrogen-bond acceptors (Lipinski definition) is 1. The van der Waals surface area contributed by atoms with E-state index >= 15 is 0 Å². The van der Waals surface area contributed by atoms with E-state index in [1.807, 2.05) is 0 Å².